The summed E-state index contributed by atoms with van der Waals surface area (Å²) in [7, 11) is 0. The van der Waals surface area contributed by atoms with E-state index in [1.165, 1.54) is 18.2 Å². The molecule has 0 amide bonds. The quantitative estimate of drug-likeness (QED) is 0.552. The fourth-order valence-corrected chi connectivity index (χ4v) is 1.43. The summed E-state index contributed by atoms with van der Waals surface area (Å²) in [6.45, 7) is 1.93. The molecule has 0 saturated carbocycles. The molecule has 0 saturated heterocycles. The number of carbonyl (C=O) groups excluding carboxylic acids is 3. The lowest BCUT2D eigenvalue weighted by Crippen LogP contribution is -2.06. The molecule has 16 heavy (non-hydrogen) atoms. The van der Waals surface area contributed by atoms with Crippen molar-refractivity contribution in [3.8, 4) is 0 Å². The minimum Gasteiger partial charge on any atom is -0.462 e. The third-order valence-electron chi connectivity index (χ3n) is 2.16. The number of esters is 3. The van der Waals surface area contributed by atoms with Gasteiger partial charge in [-0.3, -0.25) is 0 Å². The molecule has 5 nitrogen and oxygen atoms in total. The number of rotatable bonds is 2. The molecule has 82 valence electrons. The summed E-state index contributed by atoms with van der Waals surface area (Å²) in [5, 5.41) is 0. The van der Waals surface area contributed by atoms with Crippen molar-refractivity contribution in [3.05, 3.63) is 34.9 Å². The fourth-order valence-electron chi connectivity index (χ4n) is 1.43. The number of ether oxygens (including phenoxy) is 2. The minimum absolute atomic E-state index is 0.107. The van der Waals surface area contributed by atoms with Gasteiger partial charge in [-0.1, -0.05) is 0 Å². The molecule has 1 heterocycles. The first-order valence-electron chi connectivity index (χ1n) is 4.71. The number of carbonyl (C=O) groups is 3. The molecular formula is C11H8O5. The van der Waals surface area contributed by atoms with Crippen LogP contribution in [0.15, 0.2) is 18.2 Å². The molecule has 0 radical (unpaired) electrons. The minimum atomic E-state index is -0.730. The van der Waals surface area contributed by atoms with Crippen LogP contribution in [0, 0.1) is 0 Å². The summed E-state index contributed by atoms with van der Waals surface area (Å²) in [5.74, 6) is -1.95. The van der Waals surface area contributed by atoms with Crippen LogP contribution in [0.3, 0.4) is 0 Å². The predicted octanol–water partition coefficient (Wildman–Crippen LogP) is 1.17. The predicted molar refractivity (Wildman–Crippen MR) is 52.1 cm³/mol. The Morgan fingerprint density at radius 3 is 2.62 bits per heavy atom. The highest BCUT2D eigenvalue weighted by atomic mass is 16.6. The van der Waals surface area contributed by atoms with Crippen LogP contribution in [0.2, 0.25) is 0 Å². The number of hydrogen-bond acceptors (Lipinski definition) is 5. The van der Waals surface area contributed by atoms with Gasteiger partial charge in [0.15, 0.2) is 0 Å². The summed E-state index contributed by atoms with van der Waals surface area (Å²) in [6.07, 6.45) is 0. The molecule has 0 N–H and O–H groups in total. The molecule has 5 heteroatoms. The maximum absolute atomic E-state index is 11.4. The maximum atomic E-state index is 11.4. The van der Waals surface area contributed by atoms with Gasteiger partial charge in [0.2, 0.25) is 0 Å². The molecule has 2 rings (SSSR count). The van der Waals surface area contributed by atoms with Crippen LogP contribution in [-0.4, -0.2) is 24.5 Å². The van der Waals surface area contributed by atoms with Gasteiger partial charge in [0.1, 0.15) is 0 Å². The topological polar surface area (TPSA) is 69.7 Å². The number of cyclic esters (lactones) is 2. The van der Waals surface area contributed by atoms with E-state index < -0.39 is 17.9 Å². The Balaban J connectivity index is 2.40. The van der Waals surface area contributed by atoms with Crippen LogP contribution in [0.5, 0.6) is 0 Å². The van der Waals surface area contributed by atoms with Gasteiger partial charge in [-0.05, 0) is 25.1 Å². The van der Waals surface area contributed by atoms with Crippen LogP contribution in [0.25, 0.3) is 0 Å². The highest BCUT2D eigenvalue weighted by Gasteiger charge is 2.30. The highest BCUT2D eigenvalue weighted by molar-refractivity contribution is 6.15. The zero-order valence-electron chi connectivity index (χ0n) is 8.48. The molecule has 0 atom stereocenters. The van der Waals surface area contributed by atoms with Gasteiger partial charge < -0.3 is 9.47 Å². The van der Waals surface area contributed by atoms with Crippen molar-refractivity contribution in [2.24, 2.45) is 0 Å². The Hall–Kier alpha value is -2.17. The van der Waals surface area contributed by atoms with Crippen LogP contribution in [0.1, 0.15) is 38.0 Å². The van der Waals surface area contributed by atoms with Gasteiger partial charge in [0, 0.05) is 0 Å². The van der Waals surface area contributed by atoms with Gasteiger partial charge in [0.05, 0.1) is 23.3 Å². The SMILES string of the molecule is CCOC(=O)c1ccc2c(c1)C(=O)OC2=O. The third kappa shape index (κ3) is 1.56. The average molecular weight is 220 g/mol. The normalized spacial score (nSPS) is 13.3. The Morgan fingerprint density at radius 1 is 1.25 bits per heavy atom. The Morgan fingerprint density at radius 2 is 1.94 bits per heavy atom. The van der Waals surface area contributed by atoms with Gasteiger partial charge in [0.25, 0.3) is 0 Å². The first-order chi connectivity index (χ1) is 7.63. The number of benzene rings is 1. The van der Waals surface area contributed by atoms with Gasteiger partial charge in [-0.25, -0.2) is 14.4 Å². The lowest BCUT2D eigenvalue weighted by Gasteiger charge is -2.01. The second kappa shape index (κ2) is 3.77. The molecule has 0 aliphatic carbocycles. The second-order valence-corrected chi connectivity index (χ2v) is 3.16. The van der Waals surface area contributed by atoms with E-state index in [4.69, 9.17) is 4.74 Å². The van der Waals surface area contributed by atoms with Crippen LogP contribution in [0.4, 0.5) is 0 Å². The first-order valence-corrected chi connectivity index (χ1v) is 4.71. The molecule has 0 bridgehead atoms. The van der Waals surface area contributed by atoms with Crippen LogP contribution >= 0.6 is 0 Å². The molecule has 0 spiro atoms. The maximum Gasteiger partial charge on any atom is 0.346 e. The van der Waals surface area contributed by atoms with Crippen molar-refractivity contribution in [2.75, 3.05) is 6.61 Å². The van der Waals surface area contributed by atoms with E-state index in [-0.39, 0.29) is 23.3 Å². The summed E-state index contributed by atoms with van der Waals surface area (Å²) >= 11 is 0. The van der Waals surface area contributed by atoms with E-state index in [0.29, 0.717) is 0 Å². The van der Waals surface area contributed by atoms with Crippen molar-refractivity contribution in [3.63, 3.8) is 0 Å². The van der Waals surface area contributed by atoms with Gasteiger partial charge in [-0.2, -0.15) is 0 Å². The van der Waals surface area contributed by atoms with E-state index in [2.05, 4.69) is 4.74 Å². The van der Waals surface area contributed by atoms with Gasteiger partial charge >= 0.3 is 17.9 Å². The van der Waals surface area contributed by atoms with E-state index in [0.717, 1.165) is 0 Å². The van der Waals surface area contributed by atoms with Gasteiger partial charge in [-0.15, -0.1) is 0 Å². The van der Waals surface area contributed by atoms with E-state index in [9.17, 15) is 14.4 Å². The lowest BCUT2D eigenvalue weighted by molar-refractivity contribution is 0.0443. The van der Waals surface area contributed by atoms with Crippen molar-refractivity contribution >= 4 is 17.9 Å². The highest BCUT2D eigenvalue weighted by Crippen LogP contribution is 2.21. The van der Waals surface area contributed by atoms with E-state index in [1.54, 1.807) is 6.92 Å². The number of hydrogen-bond donors (Lipinski definition) is 0. The zero-order valence-corrected chi connectivity index (χ0v) is 8.48. The van der Waals surface area contributed by atoms with Crippen molar-refractivity contribution in [1.82, 2.24) is 0 Å². The Kier molecular flexibility index (Phi) is 2.44. The van der Waals surface area contributed by atoms with Crippen LogP contribution in [-0.2, 0) is 9.47 Å². The molecule has 0 fully saturated rings. The summed E-state index contributed by atoms with van der Waals surface area (Å²) in [4.78, 5) is 33.7. The molecular weight excluding hydrogens is 212 g/mol. The largest absolute Gasteiger partial charge is 0.462 e. The molecule has 1 aliphatic rings. The van der Waals surface area contributed by atoms with Crippen molar-refractivity contribution in [2.45, 2.75) is 6.92 Å². The fraction of sp³-hybridized carbons (Fsp3) is 0.182. The second-order valence-electron chi connectivity index (χ2n) is 3.16. The van der Waals surface area contributed by atoms with Crippen molar-refractivity contribution < 1.29 is 23.9 Å². The molecule has 1 aliphatic heterocycles. The standard InChI is InChI=1S/C11H8O5/c1-2-15-9(12)6-3-4-7-8(5-6)11(14)16-10(7)13/h3-5H,2H2,1H3. The van der Waals surface area contributed by atoms with Crippen molar-refractivity contribution in [1.29, 1.82) is 0 Å². The smallest absolute Gasteiger partial charge is 0.346 e. The summed E-state index contributed by atoms with van der Waals surface area (Å²) in [5.41, 5.74) is 0.515. The zero-order chi connectivity index (χ0) is 11.7. The third-order valence-corrected chi connectivity index (χ3v) is 2.16. The monoisotopic (exact) mass is 220 g/mol. The molecule has 1 aromatic carbocycles. The number of fused-ring (bicyclic) bond motifs is 1. The molecule has 0 unspecified atom stereocenters. The first kappa shape index (κ1) is 10.4. The Bertz CT molecular complexity index is 489. The molecule has 1 aromatic rings. The molecule has 0 aromatic heterocycles. The average Bonchev–Trinajstić information content (AvgIpc) is 2.55. The van der Waals surface area contributed by atoms with E-state index in [1.807, 2.05) is 0 Å². The lowest BCUT2D eigenvalue weighted by atomic mass is 10.1. The van der Waals surface area contributed by atoms with E-state index >= 15 is 0 Å². The summed E-state index contributed by atoms with van der Waals surface area (Å²) < 4.78 is 9.17. The summed E-state index contributed by atoms with van der Waals surface area (Å²) in [6, 6.07) is 4.12. The Labute approximate surface area is 91.0 Å². The van der Waals surface area contributed by atoms with Crippen LogP contribution < -0.4 is 0 Å².